The second-order valence-electron chi connectivity index (χ2n) is 8.26. The molecule has 0 saturated carbocycles. The van der Waals surface area contributed by atoms with E-state index < -0.39 is 30.1 Å². The molecular formula is C27H26N2O6. The van der Waals surface area contributed by atoms with Crippen LogP contribution in [0.1, 0.15) is 42.0 Å². The number of alkyl carbamates (subject to hydrolysis) is 1. The van der Waals surface area contributed by atoms with Gasteiger partial charge in [0, 0.05) is 5.92 Å². The summed E-state index contributed by atoms with van der Waals surface area (Å²) in [6, 6.07) is 24.4. The molecule has 35 heavy (non-hydrogen) atoms. The molecule has 2 amide bonds. The zero-order chi connectivity index (χ0) is 24.8. The van der Waals surface area contributed by atoms with Crippen molar-refractivity contribution in [3.05, 3.63) is 95.6 Å². The lowest BCUT2D eigenvalue weighted by Crippen LogP contribution is -2.37. The zero-order valence-electron chi connectivity index (χ0n) is 19.1. The SMILES string of the molecule is CC(ONC(=O)CC(NC(=O)OCC1c2ccccc2-c2ccccc21)c1ccccc1)C(=O)O. The van der Waals surface area contributed by atoms with Gasteiger partial charge in [0.05, 0.1) is 12.5 Å². The fourth-order valence-electron chi connectivity index (χ4n) is 4.15. The second kappa shape index (κ2) is 10.8. The Kier molecular flexibility index (Phi) is 7.42. The van der Waals surface area contributed by atoms with Crippen LogP contribution in [-0.4, -0.2) is 35.8 Å². The Labute approximate surface area is 202 Å². The number of hydroxylamine groups is 1. The molecule has 3 N–H and O–H groups in total. The van der Waals surface area contributed by atoms with Crippen LogP contribution in [0.2, 0.25) is 0 Å². The first-order valence-corrected chi connectivity index (χ1v) is 11.3. The fourth-order valence-corrected chi connectivity index (χ4v) is 4.15. The van der Waals surface area contributed by atoms with E-state index in [2.05, 4.69) is 22.9 Å². The molecule has 0 spiro atoms. The average Bonchev–Trinajstić information content (AvgIpc) is 3.19. The van der Waals surface area contributed by atoms with E-state index in [0.29, 0.717) is 5.56 Å². The molecule has 3 aromatic carbocycles. The monoisotopic (exact) mass is 474 g/mol. The molecule has 0 heterocycles. The number of benzene rings is 3. The summed E-state index contributed by atoms with van der Waals surface area (Å²) in [5.41, 5.74) is 7.29. The highest BCUT2D eigenvalue weighted by atomic mass is 16.7. The van der Waals surface area contributed by atoms with Crippen molar-refractivity contribution in [3.63, 3.8) is 0 Å². The highest BCUT2D eigenvalue weighted by Crippen LogP contribution is 2.44. The Balaban J connectivity index is 1.41. The summed E-state index contributed by atoms with van der Waals surface area (Å²) in [6.45, 7) is 1.44. The Morgan fingerprint density at radius 3 is 2.06 bits per heavy atom. The molecule has 180 valence electrons. The third-order valence-electron chi connectivity index (χ3n) is 5.92. The van der Waals surface area contributed by atoms with Gasteiger partial charge < -0.3 is 15.2 Å². The average molecular weight is 475 g/mol. The van der Waals surface area contributed by atoms with Gasteiger partial charge in [-0.25, -0.2) is 15.1 Å². The van der Waals surface area contributed by atoms with Crippen LogP contribution in [0.15, 0.2) is 78.9 Å². The third-order valence-corrected chi connectivity index (χ3v) is 5.92. The molecule has 0 radical (unpaired) electrons. The number of aliphatic carboxylic acids is 1. The zero-order valence-corrected chi connectivity index (χ0v) is 19.1. The number of carboxylic acids is 1. The van der Waals surface area contributed by atoms with E-state index in [4.69, 9.17) is 14.7 Å². The maximum atomic E-state index is 12.8. The van der Waals surface area contributed by atoms with Crippen LogP contribution in [0.4, 0.5) is 4.79 Å². The van der Waals surface area contributed by atoms with E-state index in [-0.39, 0.29) is 18.9 Å². The standard InChI is InChI=1S/C27H26N2O6/c1-17(26(31)32)35-29-25(30)15-24(18-9-3-2-4-10-18)28-27(33)34-16-23-21-13-7-5-11-19(21)20-12-6-8-14-22(20)23/h2-14,17,23-24H,15-16H2,1H3,(H,28,33)(H,29,30)(H,31,32). The van der Waals surface area contributed by atoms with Gasteiger partial charge in [-0.1, -0.05) is 78.9 Å². The summed E-state index contributed by atoms with van der Waals surface area (Å²) in [5.74, 6) is -1.87. The molecule has 1 aliphatic rings. The summed E-state index contributed by atoms with van der Waals surface area (Å²) in [6.07, 6.45) is -2.03. The number of rotatable bonds is 9. The quantitative estimate of drug-likeness (QED) is 0.401. The minimum absolute atomic E-state index is 0.0856. The molecule has 0 bridgehead atoms. The first-order valence-electron chi connectivity index (χ1n) is 11.3. The van der Waals surface area contributed by atoms with Crippen LogP contribution < -0.4 is 10.8 Å². The maximum Gasteiger partial charge on any atom is 0.407 e. The number of hydrogen-bond donors (Lipinski definition) is 3. The first-order chi connectivity index (χ1) is 16.9. The number of amides is 2. The molecule has 8 heteroatoms. The van der Waals surface area contributed by atoms with E-state index in [0.717, 1.165) is 22.3 Å². The second-order valence-corrected chi connectivity index (χ2v) is 8.26. The molecule has 1 aliphatic carbocycles. The molecule has 0 fully saturated rings. The van der Waals surface area contributed by atoms with Crippen molar-refractivity contribution in [1.82, 2.24) is 10.8 Å². The molecule has 0 aromatic heterocycles. The number of ether oxygens (including phenoxy) is 1. The summed E-state index contributed by atoms with van der Waals surface area (Å²) in [7, 11) is 0. The van der Waals surface area contributed by atoms with Crippen molar-refractivity contribution < 1.29 is 29.1 Å². The third kappa shape index (κ3) is 5.67. The summed E-state index contributed by atoms with van der Waals surface area (Å²) < 4.78 is 5.61. The molecule has 4 rings (SSSR count). The highest BCUT2D eigenvalue weighted by molar-refractivity contribution is 5.80. The smallest absolute Gasteiger partial charge is 0.407 e. The van der Waals surface area contributed by atoms with E-state index in [1.54, 1.807) is 24.3 Å². The minimum atomic E-state index is -1.21. The number of carbonyl (C=O) groups excluding carboxylic acids is 2. The Hall–Kier alpha value is -4.17. The molecule has 0 saturated heterocycles. The number of carbonyl (C=O) groups is 3. The van der Waals surface area contributed by atoms with Gasteiger partial charge in [0.2, 0.25) is 5.91 Å². The minimum Gasteiger partial charge on any atom is -0.479 e. The predicted octanol–water partition coefficient (Wildman–Crippen LogP) is 4.18. The van der Waals surface area contributed by atoms with Gasteiger partial charge in [-0.2, -0.15) is 0 Å². The number of nitrogens with one attached hydrogen (secondary N) is 2. The topological polar surface area (TPSA) is 114 Å². The lowest BCUT2D eigenvalue weighted by atomic mass is 9.98. The van der Waals surface area contributed by atoms with Crippen molar-refractivity contribution in [2.24, 2.45) is 0 Å². The lowest BCUT2D eigenvalue weighted by Gasteiger charge is -2.20. The van der Waals surface area contributed by atoms with Gasteiger partial charge in [0.25, 0.3) is 0 Å². The van der Waals surface area contributed by atoms with E-state index in [1.807, 2.05) is 42.5 Å². The van der Waals surface area contributed by atoms with Crippen molar-refractivity contribution >= 4 is 18.0 Å². The van der Waals surface area contributed by atoms with Crippen molar-refractivity contribution in [1.29, 1.82) is 0 Å². The summed E-state index contributed by atoms with van der Waals surface area (Å²) in [5, 5.41) is 11.6. The summed E-state index contributed by atoms with van der Waals surface area (Å²) in [4.78, 5) is 40.9. The van der Waals surface area contributed by atoms with Crippen molar-refractivity contribution in [3.8, 4) is 11.1 Å². The predicted molar refractivity (Wildman–Crippen MR) is 128 cm³/mol. The van der Waals surface area contributed by atoms with Gasteiger partial charge in [-0.05, 0) is 34.7 Å². The van der Waals surface area contributed by atoms with E-state index >= 15 is 0 Å². The van der Waals surface area contributed by atoms with Crippen LogP contribution in [-0.2, 0) is 19.2 Å². The Morgan fingerprint density at radius 2 is 1.46 bits per heavy atom. The molecule has 3 aromatic rings. The molecular weight excluding hydrogens is 448 g/mol. The van der Waals surface area contributed by atoms with Crippen LogP contribution in [0.5, 0.6) is 0 Å². The van der Waals surface area contributed by atoms with Gasteiger partial charge >= 0.3 is 12.1 Å². The summed E-state index contributed by atoms with van der Waals surface area (Å²) >= 11 is 0. The number of hydrogen-bond acceptors (Lipinski definition) is 5. The highest BCUT2D eigenvalue weighted by Gasteiger charge is 2.29. The molecule has 0 aliphatic heterocycles. The van der Waals surface area contributed by atoms with Crippen LogP contribution in [0.3, 0.4) is 0 Å². The lowest BCUT2D eigenvalue weighted by molar-refractivity contribution is -0.158. The molecule has 2 unspecified atom stereocenters. The van der Waals surface area contributed by atoms with Crippen LogP contribution in [0.25, 0.3) is 11.1 Å². The Morgan fingerprint density at radius 1 is 0.886 bits per heavy atom. The van der Waals surface area contributed by atoms with Crippen molar-refractivity contribution in [2.75, 3.05) is 6.61 Å². The Bertz CT molecular complexity index is 1170. The van der Waals surface area contributed by atoms with Gasteiger partial charge in [-0.3, -0.25) is 9.63 Å². The number of carboxylic acid groups (broad SMARTS) is 1. The number of fused-ring (bicyclic) bond motifs is 3. The first kappa shape index (κ1) is 24.0. The van der Waals surface area contributed by atoms with Crippen molar-refractivity contribution in [2.45, 2.75) is 31.4 Å². The fraction of sp³-hybridized carbons (Fsp3) is 0.222. The van der Waals surface area contributed by atoms with E-state index in [1.165, 1.54) is 6.92 Å². The van der Waals surface area contributed by atoms with Gasteiger partial charge in [0.15, 0.2) is 6.10 Å². The van der Waals surface area contributed by atoms with Crippen LogP contribution in [0, 0.1) is 0 Å². The van der Waals surface area contributed by atoms with E-state index in [9.17, 15) is 14.4 Å². The molecule has 2 atom stereocenters. The van der Waals surface area contributed by atoms with Crippen LogP contribution >= 0.6 is 0 Å². The molecule has 8 nitrogen and oxygen atoms in total. The maximum absolute atomic E-state index is 12.8. The van der Waals surface area contributed by atoms with Gasteiger partial charge in [0.1, 0.15) is 6.61 Å². The normalized spacial score (nSPS) is 13.7. The largest absolute Gasteiger partial charge is 0.479 e. The van der Waals surface area contributed by atoms with Gasteiger partial charge in [-0.15, -0.1) is 0 Å².